The third-order valence-electron chi connectivity index (χ3n) is 3.80. The van der Waals surface area contributed by atoms with Gasteiger partial charge in [0.1, 0.15) is 5.75 Å². The van der Waals surface area contributed by atoms with Crippen molar-refractivity contribution in [2.75, 3.05) is 26.7 Å². The molecule has 120 valence electrons. The van der Waals surface area contributed by atoms with E-state index < -0.39 is 0 Å². The van der Waals surface area contributed by atoms with Crippen LogP contribution in [0.4, 0.5) is 0 Å². The largest absolute Gasteiger partial charge is 0.496 e. The van der Waals surface area contributed by atoms with Crippen LogP contribution in [0.25, 0.3) is 0 Å². The molecule has 0 aromatic heterocycles. The highest BCUT2D eigenvalue weighted by molar-refractivity contribution is 6.21. The van der Waals surface area contributed by atoms with E-state index in [0.717, 1.165) is 30.9 Å². The van der Waals surface area contributed by atoms with E-state index in [-0.39, 0.29) is 5.38 Å². The van der Waals surface area contributed by atoms with Crippen LogP contribution in [0.2, 0.25) is 0 Å². The molecular formula is C18H30ClNO. The van der Waals surface area contributed by atoms with Crippen molar-refractivity contribution in [1.29, 1.82) is 0 Å². The number of rotatable bonds is 10. The van der Waals surface area contributed by atoms with Crippen molar-refractivity contribution in [3.63, 3.8) is 0 Å². The minimum Gasteiger partial charge on any atom is -0.496 e. The van der Waals surface area contributed by atoms with Gasteiger partial charge < -0.3 is 9.64 Å². The minimum absolute atomic E-state index is 0.0198. The number of benzene rings is 1. The molecule has 0 heterocycles. The number of aryl methyl sites for hydroxylation is 1. The summed E-state index contributed by atoms with van der Waals surface area (Å²) in [7, 11) is 1.71. The van der Waals surface area contributed by atoms with Crippen molar-refractivity contribution in [2.24, 2.45) is 0 Å². The minimum atomic E-state index is -0.0198. The fraction of sp³-hybridized carbons (Fsp3) is 0.667. The Morgan fingerprint density at radius 2 is 1.76 bits per heavy atom. The molecule has 0 saturated heterocycles. The number of halogens is 1. The van der Waals surface area contributed by atoms with Gasteiger partial charge in [0, 0.05) is 12.1 Å². The summed E-state index contributed by atoms with van der Waals surface area (Å²) in [5.74, 6) is 0.895. The topological polar surface area (TPSA) is 12.5 Å². The molecule has 1 atom stereocenters. The third kappa shape index (κ3) is 6.27. The van der Waals surface area contributed by atoms with Gasteiger partial charge in [0.05, 0.1) is 12.5 Å². The molecule has 3 heteroatoms. The van der Waals surface area contributed by atoms with E-state index in [2.05, 4.69) is 37.8 Å². The zero-order valence-corrected chi connectivity index (χ0v) is 14.7. The highest BCUT2D eigenvalue weighted by Gasteiger charge is 2.17. The van der Waals surface area contributed by atoms with Crippen LogP contribution in [0.3, 0.4) is 0 Å². The van der Waals surface area contributed by atoms with Crippen LogP contribution in [0.5, 0.6) is 5.75 Å². The molecule has 1 rings (SSSR count). The number of alkyl halides is 1. The second-order valence-corrected chi connectivity index (χ2v) is 6.25. The Morgan fingerprint density at radius 1 is 1.14 bits per heavy atom. The first-order chi connectivity index (χ1) is 10.1. The lowest BCUT2D eigenvalue weighted by molar-refractivity contribution is 0.264. The van der Waals surface area contributed by atoms with Crippen molar-refractivity contribution in [1.82, 2.24) is 4.90 Å². The van der Waals surface area contributed by atoms with Crippen molar-refractivity contribution in [3.8, 4) is 5.75 Å². The quantitative estimate of drug-likeness (QED) is 0.552. The van der Waals surface area contributed by atoms with Gasteiger partial charge in [0.15, 0.2) is 0 Å². The maximum atomic E-state index is 6.69. The predicted octanol–water partition coefficient (Wildman–Crippen LogP) is 5.19. The van der Waals surface area contributed by atoms with Crippen molar-refractivity contribution >= 4 is 11.6 Å². The van der Waals surface area contributed by atoms with Crippen LogP contribution in [-0.2, 0) is 0 Å². The van der Waals surface area contributed by atoms with Crippen LogP contribution in [0, 0.1) is 6.92 Å². The van der Waals surface area contributed by atoms with Crippen LogP contribution >= 0.6 is 11.6 Å². The van der Waals surface area contributed by atoms with E-state index >= 15 is 0 Å². The monoisotopic (exact) mass is 311 g/mol. The van der Waals surface area contributed by atoms with Gasteiger partial charge in [-0.3, -0.25) is 0 Å². The molecule has 0 N–H and O–H groups in total. The van der Waals surface area contributed by atoms with Crippen LogP contribution < -0.4 is 4.74 Å². The van der Waals surface area contributed by atoms with Gasteiger partial charge in [0.2, 0.25) is 0 Å². The molecular weight excluding hydrogens is 282 g/mol. The van der Waals surface area contributed by atoms with Gasteiger partial charge in [-0.1, -0.05) is 44.4 Å². The molecule has 0 bridgehead atoms. The average Bonchev–Trinajstić information content (AvgIpc) is 2.49. The van der Waals surface area contributed by atoms with Gasteiger partial charge in [-0.15, -0.1) is 11.6 Å². The van der Waals surface area contributed by atoms with Gasteiger partial charge in [0.25, 0.3) is 0 Å². The Morgan fingerprint density at radius 3 is 2.29 bits per heavy atom. The number of hydrogen-bond donors (Lipinski definition) is 0. The molecule has 0 aliphatic carbocycles. The molecule has 1 unspecified atom stereocenters. The van der Waals surface area contributed by atoms with E-state index in [4.69, 9.17) is 16.3 Å². The predicted molar refractivity (Wildman–Crippen MR) is 92.6 cm³/mol. The lowest BCUT2D eigenvalue weighted by Gasteiger charge is -2.25. The SMILES string of the molecule is CCCCN(CCCC)CC(Cl)c1cc(C)ccc1OC. The Labute approximate surface area is 135 Å². The van der Waals surface area contributed by atoms with E-state index in [1.54, 1.807) is 7.11 Å². The summed E-state index contributed by atoms with van der Waals surface area (Å²) in [5.41, 5.74) is 2.34. The number of nitrogens with zero attached hydrogens (tertiary/aromatic N) is 1. The molecule has 2 nitrogen and oxygen atoms in total. The summed E-state index contributed by atoms with van der Waals surface area (Å²) >= 11 is 6.69. The normalized spacial score (nSPS) is 12.7. The van der Waals surface area contributed by atoms with Crippen molar-refractivity contribution in [3.05, 3.63) is 29.3 Å². The molecule has 0 spiro atoms. The molecule has 21 heavy (non-hydrogen) atoms. The average molecular weight is 312 g/mol. The summed E-state index contributed by atoms with van der Waals surface area (Å²) in [6.07, 6.45) is 4.92. The second-order valence-electron chi connectivity index (χ2n) is 5.72. The standard InChI is InChI=1S/C18H30ClNO/c1-5-7-11-20(12-8-6-2)14-17(19)16-13-15(3)9-10-18(16)21-4/h9-10,13,17H,5-8,11-12,14H2,1-4H3. The summed E-state index contributed by atoms with van der Waals surface area (Å²) in [6, 6.07) is 6.23. The summed E-state index contributed by atoms with van der Waals surface area (Å²) in [4.78, 5) is 2.49. The molecule has 1 aromatic carbocycles. The molecule has 0 aliphatic rings. The van der Waals surface area contributed by atoms with Crippen LogP contribution in [0.1, 0.15) is 56.0 Å². The highest BCUT2D eigenvalue weighted by Crippen LogP contribution is 2.31. The maximum Gasteiger partial charge on any atom is 0.123 e. The van der Waals surface area contributed by atoms with Gasteiger partial charge in [-0.25, -0.2) is 0 Å². The molecule has 0 amide bonds. The molecule has 0 aliphatic heterocycles. The van der Waals surface area contributed by atoms with E-state index in [9.17, 15) is 0 Å². The van der Waals surface area contributed by atoms with Gasteiger partial charge >= 0.3 is 0 Å². The first kappa shape index (κ1) is 18.3. The zero-order chi connectivity index (χ0) is 15.7. The fourth-order valence-electron chi connectivity index (χ4n) is 2.48. The number of hydrogen-bond acceptors (Lipinski definition) is 2. The highest BCUT2D eigenvalue weighted by atomic mass is 35.5. The fourth-order valence-corrected chi connectivity index (χ4v) is 2.85. The smallest absolute Gasteiger partial charge is 0.123 e. The number of unbranched alkanes of at least 4 members (excludes halogenated alkanes) is 2. The molecule has 0 saturated carbocycles. The van der Waals surface area contributed by atoms with Gasteiger partial charge in [-0.05, 0) is 38.9 Å². The summed E-state index contributed by atoms with van der Waals surface area (Å²) in [6.45, 7) is 9.72. The number of methoxy groups -OCH3 is 1. The van der Waals surface area contributed by atoms with Crippen LogP contribution in [-0.4, -0.2) is 31.6 Å². The number of ether oxygens (including phenoxy) is 1. The van der Waals surface area contributed by atoms with E-state index in [1.165, 1.54) is 31.2 Å². The third-order valence-corrected chi connectivity index (χ3v) is 4.17. The Bertz CT molecular complexity index is 400. The Balaban J connectivity index is 2.75. The van der Waals surface area contributed by atoms with E-state index in [1.807, 2.05) is 6.07 Å². The van der Waals surface area contributed by atoms with Gasteiger partial charge in [-0.2, -0.15) is 0 Å². The summed E-state index contributed by atoms with van der Waals surface area (Å²) in [5, 5.41) is -0.0198. The zero-order valence-electron chi connectivity index (χ0n) is 14.0. The Kier molecular flexibility index (Phi) is 8.79. The second kappa shape index (κ2) is 10.1. The first-order valence-corrected chi connectivity index (χ1v) is 8.56. The first-order valence-electron chi connectivity index (χ1n) is 8.13. The molecule has 1 aromatic rings. The lowest BCUT2D eigenvalue weighted by atomic mass is 10.1. The van der Waals surface area contributed by atoms with Crippen LogP contribution in [0.15, 0.2) is 18.2 Å². The maximum absolute atomic E-state index is 6.69. The summed E-state index contributed by atoms with van der Waals surface area (Å²) < 4.78 is 5.46. The molecule has 0 radical (unpaired) electrons. The van der Waals surface area contributed by atoms with Crippen molar-refractivity contribution in [2.45, 2.75) is 51.8 Å². The Hall–Kier alpha value is -0.730. The van der Waals surface area contributed by atoms with Crippen molar-refractivity contribution < 1.29 is 4.74 Å². The molecule has 0 fully saturated rings. The lowest BCUT2D eigenvalue weighted by Crippen LogP contribution is -2.29. The van der Waals surface area contributed by atoms with E-state index in [0.29, 0.717) is 0 Å².